The Bertz CT molecular complexity index is 1100. The van der Waals surface area contributed by atoms with Crippen LogP contribution in [0.1, 0.15) is 11.8 Å². The van der Waals surface area contributed by atoms with Crippen molar-refractivity contribution in [3.05, 3.63) is 53.8 Å². The molecule has 0 bridgehead atoms. The summed E-state index contributed by atoms with van der Waals surface area (Å²) in [6, 6.07) is 3.74. The van der Waals surface area contributed by atoms with Crippen LogP contribution in [0.5, 0.6) is 5.75 Å². The molecule has 1 aliphatic heterocycles. The van der Waals surface area contributed by atoms with E-state index in [9.17, 15) is 26.7 Å². The standard InChI is InChI=1S/C15H10F3N5O4S/c1-19-8-4-2-5-9(11(8)24)20-13-14(23-28(25,26)22-13)21-12(15(16,17)18)10-6-3-7-27-10/h2-7,12,24H,(H,20,22)(H,21,23)/t12-/m0/s1. The quantitative estimate of drug-likeness (QED) is 0.528. The number of para-hydroxylation sites is 1. The molecule has 13 heteroatoms. The van der Waals surface area contributed by atoms with Gasteiger partial charge in [0.25, 0.3) is 0 Å². The Hall–Kier alpha value is -3.53. The Morgan fingerprint density at radius 1 is 1.32 bits per heavy atom. The van der Waals surface area contributed by atoms with Gasteiger partial charge in [0.05, 0.1) is 18.5 Å². The number of nitrogens with one attached hydrogen (secondary N) is 2. The zero-order valence-corrected chi connectivity index (χ0v) is 14.4. The third-order valence-corrected chi connectivity index (χ3v) is 4.30. The van der Waals surface area contributed by atoms with E-state index >= 15 is 0 Å². The molecular formula is C15H10F3N5O4S. The van der Waals surface area contributed by atoms with E-state index < -0.39 is 45.6 Å². The van der Waals surface area contributed by atoms with Gasteiger partial charge in [-0.1, -0.05) is 12.1 Å². The lowest BCUT2D eigenvalue weighted by atomic mass is 10.2. The molecule has 0 unspecified atom stereocenters. The van der Waals surface area contributed by atoms with Gasteiger partial charge in [0, 0.05) is 0 Å². The first-order valence-corrected chi connectivity index (χ1v) is 8.82. The van der Waals surface area contributed by atoms with Gasteiger partial charge in [0.1, 0.15) is 11.5 Å². The molecule has 146 valence electrons. The van der Waals surface area contributed by atoms with E-state index in [0.29, 0.717) is 0 Å². The summed E-state index contributed by atoms with van der Waals surface area (Å²) in [4.78, 5) is 6.47. The van der Waals surface area contributed by atoms with Gasteiger partial charge in [-0.15, -0.1) is 4.40 Å². The average Bonchev–Trinajstić information content (AvgIpc) is 3.21. The second-order valence-electron chi connectivity index (χ2n) is 5.36. The van der Waals surface area contributed by atoms with E-state index in [4.69, 9.17) is 11.0 Å². The van der Waals surface area contributed by atoms with Gasteiger partial charge in [0.2, 0.25) is 11.7 Å². The van der Waals surface area contributed by atoms with Crippen molar-refractivity contribution in [1.29, 1.82) is 0 Å². The number of aromatic hydroxyl groups is 1. The summed E-state index contributed by atoms with van der Waals surface area (Å²) in [6.45, 7) is 6.95. The number of hydrogen-bond acceptors (Lipinski definition) is 6. The fraction of sp³-hybridized carbons (Fsp3) is 0.133. The summed E-state index contributed by atoms with van der Waals surface area (Å²) in [5.41, 5.74) is -0.290. The third kappa shape index (κ3) is 3.91. The lowest BCUT2D eigenvalue weighted by Crippen LogP contribution is -2.33. The van der Waals surface area contributed by atoms with E-state index in [2.05, 4.69) is 19.6 Å². The van der Waals surface area contributed by atoms with E-state index in [1.807, 2.05) is 0 Å². The lowest BCUT2D eigenvalue weighted by Gasteiger charge is -2.15. The first-order chi connectivity index (χ1) is 13.1. The van der Waals surface area contributed by atoms with Crippen LogP contribution in [0.3, 0.4) is 0 Å². The number of amidine groups is 2. The number of aliphatic imine (C=N–C) groups is 1. The van der Waals surface area contributed by atoms with Crippen molar-refractivity contribution in [3.8, 4) is 5.75 Å². The van der Waals surface area contributed by atoms with Gasteiger partial charge < -0.3 is 14.8 Å². The van der Waals surface area contributed by atoms with Gasteiger partial charge in [-0.3, -0.25) is 0 Å². The molecule has 3 N–H and O–H groups in total. The minimum atomic E-state index is -4.88. The molecule has 2 heterocycles. The molecule has 0 spiro atoms. The summed E-state index contributed by atoms with van der Waals surface area (Å²) in [5, 5.41) is 12.4. The van der Waals surface area contributed by atoms with Crippen LogP contribution in [-0.4, -0.2) is 31.4 Å². The summed E-state index contributed by atoms with van der Waals surface area (Å²) in [7, 11) is -4.35. The fourth-order valence-electron chi connectivity index (χ4n) is 2.25. The Balaban J connectivity index is 2.02. The first kappa shape index (κ1) is 19.2. The van der Waals surface area contributed by atoms with E-state index in [1.54, 1.807) is 4.72 Å². The maximum absolute atomic E-state index is 13.4. The zero-order valence-electron chi connectivity index (χ0n) is 13.6. The SMILES string of the molecule is [C-]#[N+]c1cccc(NC2=NS(=O)(=O)NC2=N[C@@H](c2ccco2)C(F)(F)F)c1O. The Morgan fingerprint density at radius 2 is 2.07 bits per heavy atom. The summed E-state index contributed by atoms with van der Waals surface area (Å²) < 4.78 is 73.4. The number of alkyl halides is 3. The van der Waals surface area contributed by atoms with Gasteiger partial charge in [-0.25, -0.2) is 14.6 Å². The van der Waals surface area contributed by atoms with Crippen molar-refractivity contribution in [3.63, 3.8) is 0 Å². The van der Waals surface area contributed by atoms with Crippen molar-refractivity contribution in [2.75, 3.05) is 5.32 Å². The summed E-state index contributed by atoms with van der Waals surface area (Å²) >= 11 is 0. The highest BCUT2D eigenvalue weighted by molar-refractivity contribution is 7.89. The molecule has 1 aromatic heterocycles. The zero-order chi connectivity index (χ0) is 20.5. The number of furan rings is 1. The van der Waals surface area contributed by atoms with Crippen LogP contribution >= 0.6 is 0 Å². The number of phenols is 1. The average molecular weight is 413 g/mol. The fourth-order valence-corrected chi connectivity index (χ4v) is 3.06. The van der Waals surface area contributed by atoms with Crippen molar-refractivity contribution < 1.29 is 31.1 Å². The largest absolute Gasteiger partial charge is 0.517 e. The molecule has 0 aliphatic carbocycles. The first-order valence-electron chi connectivity index (χ1n) is 7.38. The van der Waals surface area contributed by atoms with E-state index in [0.717, 1.165) is 12.3 Å². The van der Waals surface area contributed by atoms with Gasteiger partial charge in [0.15, 0.2) is 11.7 Å². The molecule has 0 amide bonds. The number of anilines is 1. The van der Waals surface area contributed by atoms with Crippen molar-refractivity contribution >= 4 is 33.3 Å². The smallest absolute Gasteiger partial charge is 0.418 e. The highest BCUT2D eigenvalue weighted by Crippen LogP contribution is 2.37. The minimum absolute atomic E-state index is 0.139. The predicted molar refractivity (Wildman–Crippen MR) is 92.4 cm³/mol. The van der Waals surface area contributed by atoms with Crippen LogP contribution in [0.15, 0.2) is 50.4 Å². The molecule has 1 aromatic carbocycles. The molecule has 0 saturated heterocycles. The number of benzene rings is 1. The monoisotopic (exact) mass is 413 g/mol. The maximum atomic E-state index is 13.4. The molecule has 2 aromatic rings. The number of phenolic OH excluding ortho intramolecular Hbond substituents is 1. The number of rotatable bonds is 3. The van der Waals surface area contributed by atoms with Gasteiger partial charge in [-0.05, 0) is 18.2 Å². The molecule has 9 nitrogen and oxygen atoms in total. The highest BCUT2D eigenvalue weighted by Gasteiger charge is 2.44. The third-order valence-electron chi connectivity index (χ3n) is 3.43. The van der Waals surface area contributed by atoms with Crippen LogP contribution in [0, 0.1) is 6.57 Å². The van der Waals surface area contributed by atoms with Crippen LogP contribution in [-0.2, 0) is 10.2 Å². The predicted octanol–water partition coefficient (Wildman–Crippen LogP) is 2.90. The lowest BCUT2D eigenvalue weighted by molar-refractivity contribution is -0.152. The molecule has 0 radical (unpaired) electrons. The molecule has 1 atom stereocenters. The Kier molecular flexibility index (Phi) is 4.73. The summed E-state index contributed by atoms with van der Waals surface area (Å²) in [5.74, 6) is -2.39. The van der Waals surface area contributed by atoms with Crippen molar-refractivity contribution in [2.45, 2.75) is 12.2 Å². The van der Waals surface area contributed by atoms with Crippen LogP contribution in [0.25, 0.3) is 4.85 Å². The highest BCUT2D eigenvalue weighted by atomic mass is 32.2. The van der Waals surface area contributed by atoms with Gasteiger partial charge in [-0.2, -0.15) is 21.6 Å². The Morgan fingerprint density at radius 3 is 2.68 bits per heavy atom. The van der Waals surface area contributed by atoms with Crippen LogP contribution < -0.4 is 10.0 Å². The normalized spacial score (nSPS) is 18.2. The van der Waals surface area contributed by atoms with Crippen molar-refractivity contribution in [2.24, 2.45) is 9.39 Å². The van der Waals surface area contributed by atoms with Crippen molar-refractivity contribution in [1.82, 2.24) is 4.72 Å². The maximum Gasteiger partial charge on any atom is 0.418 e. The topological polar surface area (TPSA) is 121 Å². The number of nitrogens with zero attached hydrogens (tertiary/aromatic N) is 3. The second kappa shape index (κ2) is 6.89. The summed E-state index contributed by atoms with van der Waals surface area (Å²) in [6.07, 6.45) is -3.86. The van der Waals surface area contributed by atoms with Gasteiger partial charge >= 0.3 is 16.4 Å². The second-order valence-corrected chi connectivity index (χ2v) is 6.70. The molecule has 3 rings (SSSR count). The molecule has 0 fully saturated rings. The van der Waals surface area contributed by atoms with Crippen LogP contribution in [0.2, 0.25) is 0 Å². The van der Waals surface area contributed by atoms with E-state index in [1.165, 1.54) is 24.3 Å². The van der Waals surface area contributed by atoms with Crippen LogP contribution in [0.4, 0.5) is 24.5 Å². The minimum Gasteiger partial charge on any atom is -0.517 e. The molecule has 1 aliphatic rings. The molecule has 0 saturated carbocycles. The number of hydrogen-bond donors (Lipinski definition) is 3. The number of halogens is 3. The Labute approximate surface area is 156 Å². The molecule has 28 heavy (non-hydrogen) atoms. The molecular weight excluding hydrogens is 403 g/mol. The van der Waals surface area contributed by atoms with E-state index in [-0.39, 0.29) is 11.4 Å².